The molecule has 1 aromatic heterocycles. The first-order chi connectivity index (χ1) is 7.70. The molecular formula is C11H16BrN3O. The van der Waals surface area contributed by atoms with Gasteiger partial charge in [0, 0.05) is 23.3 Å². The number of anilines is 1. The highest BCUT2D eigenvalue weighted by Crippen LogP contribution is 2.17. The third kappa shape index (κ3) is 2.52. The molecule has 0 radical (unpaired) electrons. The van der Waals surface area contributed by atoms with Gasteiger partial charge in [-0.3, -0.25) is 0 Å². The van der Waals surface area contributed by atoms with Gasteiger partial charge in [0.05, 0.1) is 19.3 Å². The summed E-state index contributed by atoms with van der Waals surface area (Å²) in [6.45, 7) is 6.35. The minimum absolute atomic E-state index is 0.329. The Morgan fingerprint density at radius 2 is 2.12 bits per heavy atom. The first kappa shape index (κ1) is 11.8. The smallest absolute Gasteiger partial charge is 0.226 e. The van der Waals surface area contributed by atoms with Gasteiger partial charge >= 0.3 is 0 Å². The molecule has 16 heavy (non-hydrogen) atoms. The molecule has 1 unspecified atom stereocenters. The number of nitrogens with zero attached hydrogens (tertiary/aromatic N) is 3. The summed E-state index contributed by atoms with van der Waals surface area (Å²) in [5.41, 5.74) is 2.03. The van der Waals surface area contributed by atoms with E-state index in [-0.39, 0.29) is 0 Å². The Balaban J connectivity index is 2.26. The molecule has 0 N–H and O–H groups in total. The number of rotatable bonds is 2. The first-order valence-electron chi connectivity index (χ1n) is 5.43. The Morgan fingerprint density at radius 1 is 1.44 bits per heavy atom. The Morgan fingerprint density at radius 3 is 2.75 bits per heavy atom. The molecule has 0 bridgehead atoms. The number of aromatic nitrogens is 2. The van der Waals surface area contributed by atoms with Crippen LogP contribution in [0.2, 0.25) is 0 Å². The zero-order valence-electron chi connectivity index (χ0n) is 9.61. The Bertz CT molecular complexity index is 352. The molecule has 0 amide bonds. The van der Waals surface area contributed by atoms with E-state index in [2.05, 4.69) is 30.8 Å². The molecule has 1 fully saturated rings. The average Bonchev–Trinajstić information content (AvgIpc) is 2.27. The second kappa shape index (κ2) is 5.10. The van der Waals surface area contributed by atoms with E-state index in [4.69, 9.17) is 4.74 Å². The fourth-order valence-electron chi connectivity index (χ4n) is 1.88. The van der Waals surface area contributed by atoms with Crippen LogP contribution in [-0.4, -0.2) is 41.1 Å². The summed E-state index contributed by atoms with van der Waals surface area (Å²) < 4.78 is 5.46. The van der Waals surface area contributed by atoms with Crippen LogP contribution in [0.3, 0.4) is 0 Å². The summed E-state index contributed by atoms with van der Waals surface area (Å²) >= 11 is 3.51. The van der Waals surface area contributed by atoms with Crippen molar-refractivity contribution in [2.45, 2.75) is 19.9 Å². The highest BCUT2D eigenvalue weighted by atomic mass is 79.9. The van der Waals surface area contributed by atoms with Crippen LogP contribution < -0.4 is 4.90 Å². The largest absolute Gasteiger partial charge is 0.377 e. The predicted molar refractivity (Wildman–Crippen MR) is 67.3 cm³/mol. The molecule has 1 aliphatic rings. The molecule has 88 valence electrons. The molecular weight excluding hydrogens is 270 g/mol. The number of aryl methyl sites for hydroxylation is 2. The van der Waals surface area contributed by atoms with Crippen molar-refractivity contribution in [1.82, 2.24) is 9.97 Å². The second-order valence-electron chi connectivity index (χ2n) is 4.03. The van der Waals surface area contributed by atoms with Crippen LogP contribution in [0.1, 0.15) is 11.4 Å². The molecule has 0 aliphatic carbocycles. The number of ether oxygens (including phenoxy) is 1. The van der Waals surface area contributed by atoms with Crippen molar-refractivity contribution in [2.24, 2.45) is 0 Å². The van der Waals surface area contributed by atoms with Gasteiger partial charge in [0.1, 0.15) is 0 Å². The second-order valence-corrected chi connectivity index (χ2v) is 4.67. The van der Waals surface area contributed by atoms with Crippen molar-refractivity contribution in [3.8, 4) is 0 Å². The zero-order valence-corrected chi connectivity index (χ0v) is 11.2. The molecule has 1 aliphatic heterocycles. The van der Waals surface area contributed by atoms with Gasteiger partial charge < -0.3 is 9.64 Å². The highest BCUT2D eigenvalue weighted by Gasteiger charge is 2.24. The van der Waals surface area contributed by atoms with E-state index in [1.54, 1.807) is 0 Å². The van der Waals surface area contributed by atoms with Crippen molar-refractivity contribution in [2.75, 3.05) is 30.0 Å². The normalized spacial score (nSPS) is 21.2. The number of halogens is 1. The monoisotopic (exact) mass is 285 g/mol. The summed E-state index contributed by atoms with van der Waals surface area (Å²) in [5.74, 6) is 0.824. The lowest BCUT2D eigenvalue weighted by Gasteiger charge is -2.34. The quantitative estimate of drug-likeness (QED) is 0.776. The molecule has 1 aromatic rings. The summed E-state index contributed by atoms with van der Waals surface area (Å²) in [6, 6.07) is 2.32. The van der Waals surface area contributed by atoms with Crippen LogP contribution in [0.25, 0.3) is 0 Å². The third-order valence-electron chi connectivity index (χ3n) is 2.63. The minimum atomic E-state index is 0.329. The summed E-state index contributed by atoms with van der Waals surface area (Å²) in [4.78, 5) is 11.2. The first-order valence-corrected chi connectivity index (χ1v) is 6.55. The lowest BCUT2D eigenvalue weighted by molar-refractivity contribution is 0.0995. The van der Waals surface area contributed by atoms with Gasteiger partial charge in [-0.1, -0.05) is 15.9 Å². The fraction of sp³-hybridized carbons (Fsp3) is 0.636. The van der Waals surface area contributed by atoms with Crippen LogP contribution in [0, 0.1) is 13.8 Å². The van der Waals surface area contributed by atoms with Crippen LogP contribution in [-0.2, 0) is 4.74 Å². The minimum Gasteiger partial charge on any atom is -0.377 e. The molecule has 0 aromatic carbocycles. The fourth-order valence-corrected chi connectivity index (χ4v) is 2.42. The Hall–Kier alpha value is -0.680. The molecule has 2 rings (SSSR count). The molecule has 4 nitrogen and oxygen atoms in total. The average molecular weight is 286 g/mol. The number of morpholine rings is 1. The number of hydrogen-bond donors (Lipinski definition) is 0. The van der Waals surface area contributed by atoms with Gasteiger partial charge in [-0.2, -0.15) is 0 Å². The lowest BCUT2D eigenvalue weighted by atomic mass is 10.2. The molecule has 2 heterocycles. The van der Waals surface area contributed by atoms with Crippen LogP contribution >= 0.6 is 15.9 Å². The van der Waals surface area contributed by atoms with Gasteiger partial charge in [0.25, 0.3) is 0 Å². The van der Waals surface area contributed by atoms with E-state index in [0.717, 1.165) is 42.4 Å². The van der Waals surface area contributed by atoms with E-state index in [1.807, 2.05) is 19.9 Å². The van der Waals surface area contributed by atoms with Crippen molar-refractivity contribution in [3.63, 3.8) is 0 Å². The summed E-state index contributed by atoms with van der Waals surface area (Å²) in [7, 11) is 0. The summed E-state index contributed by atoms with van der Waals surface area (Å²) in [5, 5.41) is 0.878. The van der Waals surface area contributed by atoms with Crippen molar-refractivity contribution in [1.29, 1.82) is 0 Å². The highest BCUT2D eigenvalue weighted by molar-refractivity contribution is 9.09. The van der Waals surface area contributed by atoms with Gasteiger partial charge in [0.15, 0.2) is 0 Å². The zero-order chi connectivity index (χ0) is 11.5. The maximum atomic E-state index is 5.46. The molecule has 5 heteroatoms. The van der Waals surface area contributed by atoms with Crippen molar-refractivity contribution >= 4 is 21.9 Å². The Kier molecular flexibility index (Phi) is 3.76. The Labute approximate surface area is 104 Å². The van der Waals surface area contributed by atoms with E-state index < -0.39 is 0 Å². The van der Waals surface area contributed by atoms with Gasteiger partial charge in [0.2, 0.25) is 5.95 Å². The van der Waals surface area contributed by atoms with E-state index >= 15 is 0 Å². The van der Waals surface area contributed by atoms with Crippen molar-refractivity contribution in [3.05, 3.63) is 17.5 Å². The third-order valence-corrected chi connectivity index (χ3v) is 3.38. The van der Waals surface area contributed by atoms with Gasteiger partial charge in [-0.05, 0) is 19.9 Å². The summed E-state index contributed by atoms with van der Waals surface area (Å²) in [6.07, 6.45) is 0. The van der Waals surface area contributed by atoms with E-state index in [0.29, 0.717) is 6.04 Å². The van der Waals surface area contributed by atoms with Gasteiger partial charge in [-0.15, -0.1) is 0 Å². The van der Waals surface area contributed by atoms with Gasteiger partial charge in [-0.25, -0.2) is 9.97 Å². The van der Waals surface area contributed by atoms with Crippen LogP contribution in [0.15, 0.2) is 6.07 Å². The lowest BCUT2D eigenvalue weighted by Crippen LogP contribution is -2.47. The maximum Gasteiger partial charge on any atom is 0.226 e. The van der Waals surface area contributed by atoms with E-state index in [9.17, 15) is 0 Å². The standard InChI is InChI=1S/C11H16BrN3O/c1-8-5-9(2)14-11(13-8)15-3-4-16-7-10(15)6-12/h5,10H,3-4,6-7H2,1-2H3. The molecule has 0 saturated carbocycles. The molecule has 0 spiro atoms. The van der Waals surface area contributed by atoms with Crippen LogP contribution in [0.4, 0.5) is 5.95 Å². The molecule has 1 saturated heterocycles. The topological polar surface area (TPSA) is 38.2 Å². The van der Waals surface area contributed by atoms with E-state index in [1.165, 1.54) is 0 Å². The van der Waals surface area contributed by atoms with Crippen LogP contribution in [0.5, 0.6) is 0 Å². The number of hydrogen-bond acceptors (Lipinski definition) is 4. The number of alkyl halides is 1. The molecule has 1 atom stereocenters. The van der Waals surface area contributed by atoms with Crippen molar-refractivity contribution < 1.29 is 4.74 Å². The maximum absolute atomic E-state index is 5.46. The predicted octanol–water partition coefficient (Wildman–Crippen LogP) is 1.69. The SMILES string of the molecule is Cc1cc(C)nc(N2CCOCC2CBr)n1.